The highest BCUT2D eigenvalue weighted by Gasteiger charge is 2.11. The molecule has 0 saturated carbocycles. The Morgan fingerprint density at radius 2 is 1.95 bits per heavy atom. The number of hydrogen-bond acceptors (Lipinski definition) is 2. The average molecular weight is 252 g/mol. The second kappa shape index (κ2) is 4.39. The molecule has 0 bridgehead atoms. The van der Waals surface area contributed by atoms with Crippen molar-refractivity contribution in [2.75, 3.05) is 0 Å². The van der Waals surface area contributed by atoms with Crippen molar-refractivity contribution in [1.29, 1.82) is 0 Å². The molecule has 0 spiro atoms. The monoisotopic (exact) mass is 252 g/mol. The van der Waals surface area contributed by atoms with Crippen LogP contribution < -0.4 is 0 Å². The van der Waals surface area contributed by atoms with E-state index in [-0.39, 0.29) is 0 Å². The van der Waals surface area contributed by atoms with E-state index in [2.05, 4.69) is 53.2 Å². The third-order valence-electron chi connectivity index (χ3n) is 3.18. The number of aromatic nitrogens is 4. The number of nitrogens with one attached hydrogen (secondary N) is 1. The summed E-state index contributed by atoms with van der Waals surface area (Å²) < 4.78 is 1.98. The average Bonchev–Trinajstić information content (AvgIpc) is 2.99. The molecule has 3 aromatic rings. The summed E-state index contributed by atoms with van der Waals surface area (Å²) in [5.41, 5.74) is 6.55. The van der Waals surface area contributed by atoms with Crippen LogP contribution in [0.5, 0.6) is 0 Å². The van der Waals surface area contributed by atoms with Gasteiger partial charge in [-0.3, -0.25) is 0 Å². The van der Waals surface area contributed by atoms with Gasteiger partial charge in [-0.05, 0) is 38.5 Å². The van der Waals surface area contributed by atoms with Gasteiger partial charge >= 0.3 is 0 Å². The number of imidazole rings is 1. The molecule has 0 radical (unpaired) electrons. The molecule has 0 aliphatic heterocycles. The Morgan fingerprint density at radius 3 is 2.58 bits per heavy atom. The van der Waals surface area contributed by atoms with Crippen molar-refractivity contribution in [2.45, 2.75) is 20.8 Å². The van der Waals surface area contributed by atoms with Crippen LogP contribution in [0.4, 0.5) is 0 Å². The standard InChI is InChI=1S/C15H16N4/c1-10-4-5-13(14-8-16-9-17-14)15(6-10)19-12(3)7-11(2)18-19/h4-9H,1-3H3,(H,16,17). The molecule has 1 N–H and O–H groups in total. The van der Waals surface area contributed by atoms with Crippen LogP contribution in [0.15, 0.2) is 36.8 Å². The number of aromatic amines is 1. The van der Waals surface area contributed by atoms with E-state index in [1.54, 1.807) is 6.33 Å². The normalized spacial score (nSPS) is 10.9. The van der Waals surface area contributed by atoms with Crippen molar-refractivity contribution < 1.29 is 0 Å². The Hall–Kier alpha value is -2.36. The second-order valence-corrected chi connectivity index (χ2v) is 4.82. The lowest BCUT2D eigenvalue weighted by molar-refractivity contribution is 0.833. The Bertz CT molecular complexity index is 708. The minimum Gasteiger partial charge on any atom is -0.345 e. The summed E-state index contributed by atoms with van der Waals surface area (Å²) >= 11 is 0. The van der Waals surface area contributed by atoms with Crippen molar-refractivity contribution in [3.05, 3.63) is 53.7 Å². The van der Waals surface area contributed by atoms with Gasteiger partial charge in [0.25, 0.3) is 0 Å². The summed E-state index contributed by atoms with van der Waals surface area (Å²) in [7, 11) is 0. The highest BCUT2D eigenvalue weighted by Crippen LogP contribution is 2.26. The van der Waals surface area contributed by atoms with Crippen LogP contribution in [-0.2, 0) is 0 Å². The molecule has 1 aromatic carbocycles. The summed E-state index contributed by atoms with van der Waals surface area (Å²) in [6, 6.07) is 8.44. The largest absolute Gasteiger partial charge is 0.345 e. The Kier molecular flexibility index (Phi) is 2.71. The SMILES string of the molecule is Cc1ccc(-c2cnc[nH]2)c(-n2nc(C)cc2C)c1. The van der Waals surface area contributed by atoms with Crippen molar-refractivity contribution in [3.8, 4) is 16.9 Å². The van der Waals surface area contributed by atoms with Gasteiger partial charge in [-0.15, -0.1) is 0 Å². The minimum absolute atomic E-state index is 1.00. The van der Waals surface area contributed by atoms with Gasteiger partial charge in [-0.2, -0.15) is 5.10 Å². The van der Waals surface area contributed by atoms with Crippen molar-refractivity contribution >= 4 is 0 Å². The molecule has 4 nitrogen and oxygen atoms in total. The Labute approximate surface area is 112 Å². The van der Waals surface area contributed by atoms with Gasteiger partial charge in [0, 0.05) is 11.3 Å². The highest BCUT2D eigenvalue weighted by molar-refractivity contribution is 5.70. The van der Waals surface area contributed by atoms with Crippen LogP contribution in [-0.4, -0.2) is 19.7 Å². The number of benzene rings is 1. The summed E-state index contributed by atoms with van der Waals surface area (Å²) in [6.45, 7) is 6.17. The number of rotatable bonds is 2. The molecule has 0 aliphatic rings. The Balaban J connectivity index is 2.25. The van der Waals surface area contributed by atoms with E-state index < -0.39 is 0 Å². The predicted octanol–water partition coefficient (Wildman–Crippen LogP) is 3.19. The molecular formula is C15H16N4. The molecule has 2 heterocycles. The third-order valence-corrected chi connectivity index (χ3v) is 3.18. The molecule has 3 rings (SSSR count). The molecule has 0 saturated heterocycles. The smallest absolute Gasteiger partial charge is 0.0924 e. The zero-order valence-corrected chi connectivity index (χ0v) is 11.3. The molecule has 4 heteroatoms. The van der Waals surface area contributed by atoms with Gasteiger partial charge in [0.2, 0.25) is 0 Å². The number of aryl methyl sites for hydroxylation is 3. The fourth-order valence-corrected chi connectivity index (χ4v) is 2.32. The first-order valence-corrected chi connectivity index (χ1v) is 6.28. The summed E-state index contributed by atoms with van der Waals surface area (Å²) in [4.78, 5) is 7.26. The summed E-state index contributed by atoms with van der Waals surface area (Å²) in [6.07, 6.45) is 3.53. The molecule has 0 amide bonds. The molecule has 0 unspecified atom stereocenters. The molecule has 0 fully saturated rings. The topological polar surface area (TPSA) is 46.5 Å². The molecular weight excluding hydrogens is 236 g/mol. The number of H-pyrrole nitrogens is 1. The van der Waals surface area contributed by atoms with Crippen LogP contribution in [0.2, 0.25) is 0 Å². The first-order valence-electron chi connectivity index (χ1n) is 6.28. The van der Waals surface area contributed by atoms with E-state index in [1.165, 1.54) is 5.56 Å². The molecule has 96 valence electrons. The van der Waals surface area contributed by atoms with E-state index in [0.29, 0.717) is 0 Å². The lowest BCUT2D eigenvalue weighted by atomic mass is 10.1. The number of nitrogens with zero attached hydrogens (tertiary/aromatic N) is 3. The lowest BCUT2D eigenvalue weighted by Gasteiger charge is -2.11. The van der Waals surface area contributed by atoms with E-state index in [9.17, 15) is 0 Å². The van der Waals surface area contributed by atoms with Gasteiger partial charge in [0.05, 0.1) is 29.6 Å². The van der Waals surface area contributed by atoms with Gasteiger partial charge < -0.3 is 4.98 Å². The maximum absolute atomic E-state index is 4.57. The zero-order valence-electron chi connectivity index (χ0n) is 11.3. The van der Waals surface area contributed by atoms with Crippen LogP contribution in [0, 0.1) is 20.8 Å². The number of hydrogen-bond donors (Lipinski definition) is 1. The first kappa shape index (κ1) is 11.7. The fraction of sp³-hybridized carbons (Fsp3) is 0.200. The van der Waals surface area contributed by atoms with Gasteiger partial charge in [-0.25, -0.2) is 9.67 Å². The molecule has 19 heavy (non-hydrogen) atoms. The van der Waals surface area contributed by atoms with E-state index in [4.69, 9.17) is 0 Å². The van der Waals surface area contributed by atoms with E-state index >= 15 is 0 Å². The maximum Gasteiger partial charge on any atom is 0.0924 e. The molecule has 0 atom stereocenters. The van der Waals surface area contributed by atoms with Crippen LogP contribution >= 0.6 is 0 Å². The van der Waals surface area contributed by atoms with Gasteiger partial charge in [0.15, 0.2) is 0 Å². The third kappa shape index (κ3) is 2.05. The highest BCUT2D eigenvalue weighted by atomic mass is 15.3. The van der Waals surface area contributed by atoms with Crippen molar-refractivity contribution in [3.63, 3.8) is 0 Å². The van der Waals surface area contributed by atoms with Gasteiger partial charge in [0.1, 0.15) is 0 Å². The van der Waals surface area contributed by atoms with Gasteiger partial charge in [-0.1, -0.05) is 12.1 Å². The fourth-order valence-electron chi connectivity index (χ4n) is 2.32. The minimum atomic E-state index is 1.00. The van der Waals surface area contributed by atoms with Crippen molar-refractivity contribution in [1.82, 2.24) is 19.7 Å². The van der Waals surface area contributed by atoms with Crippen LogP contribution in [0.3, 0.4) is 0 Å². The zero-order chi connectivity index (χ0) is 13.4. The van der Waals surface area contributed by atoms with E-state index in [1.807, 2.05) is 17.8 Å². The quantitative estimate of drug-likeness (QED) is 0.761. The first-order chi connectivity index (χ1) is 9.15. The lowest BCUT2D eigenvalue weighted by Crippen LogP contribution is -2.02. The summed E-state index contributed by atoms with van der Waals surface area (Å²) in [5, 5.41) is 4.57. The maximum atomic E-state index is 4.57. The van der Waals surface area contributed by atoms with E-state index in [0.717, 1.165) is 28.3 Å². The second-order valence-electron chi connectivity index (χ2n) is 4.82. The predicted molar refractivity (Wildman–Crippen MR) is 75.4 cm³/mol. The summed E-state index contributed by atoms with van der Waals surface area (Å²) in [5.74, 6) is 0. The molecule has 0 aliphatic carbocycles. The molecule has 2 aromatic heterocycles. The van der Waals surface area contributed by atoms with Crippen LogP contribution in [0.25, 0.3) is 16.9 Å². The Morgan fingerprint density at radius 1 is 1.11 bits per heavy atom. The van der Waals surface area contributed by atoms with Crippen molar-refractivity contribution in [2.24, 2.45) is 0 Å². The van der Waals surface area contributed by atoms with Crippen LogP contribution in [0.1, 0.15) is 17.0 Å².